The zero-order chi connectivity index (χ0) is 18.1. The van der Waals surface area contributed by atoms with Crippen molar-refractivity contribution in [3.8, 4) is 11.5 Å². The number of benzene rings is 1. The van der Waals surface area contributed by atoms with Gasteiger partial charge in [0.2, 0.25) is 0 Å². The number of aliphatic carboxylic acids is 1. The lowest BCUT2D eigenvalue weighted by Crippen LogP contribution is -2.47. The van der Waals surface area contributed by atoms with Gasteiger partial charge in [-0.1, -0.05) is 52.4 Å². The predicted octanol–water partition coefficient (Wildman–Crippen LogP) is 3.73. The summed E-state index contributed by atoms with van der Waals surface area (Å²) in [6.45, 7) is 11.9. The van der Waals surface area contributed by atoms with Crippen molar-refractivity contribution in [3.05, 3.63) is 35.1 Å². The second-order valence-corrected chi connectivity index (χ2v) is 13.0. The van der Waals surface area contributed by atoms with Crippen molar-refractivity contribution >= 4 is 14.0 Å². The third-order valence-corrected chi connectivity index (χ3v) is 4.12. The van der Waals surface area contributed by atoms with Crippen LogP contribution in [-0.4, -0.2) is 19.1 Å². The summed E-state index contributed by atoms with van der Waals surface area (Å²) in [6, 6.07) is 4.29. The molecule has 0 unspecified atom stereocenters. The van der Waals surface area contributed by atoms with Crippen molar-refractivity contribution in [3.63, 3.8) is 0 Å². The molecule has 1 aromatic carbocycles. The fraction of sp³-hybridized carbons (Fsp3) is 0.500. The molecule has 1 atom stereocenters. The van der Waals surface area contributed by atoms with Crippen molar-refractivity contribution in [2.24, 2.45) is 11.1 Å². The number of carboxylic acids is 1. The van der Waals surface area contributed by atoms with Gasteiger partial charge < -0.3 is 10.8 Å². The first kappa shape index (κ1) is 19.4. The second kappa shape index (κ2) is 6.46. The maximum Gasteiger partial charge on any atom is 0.328 e. The molecular weight excluding hydrogens is 309 g/mol. The number of rotatable bonds is 3. The van der Waals surface area contributed by atoms with E-state index < -0.39 is 25.4 Å². The van der Waals surface area contributed by atoms with Gasteiger partial charge >= 0.3 is 5.97 Å². The lowest BCUT2D eigenvalue weighted by Gasteiger charge is -2.32. The number of nitrogens with two attached hydrogens (primary N) is 1. The maximum atomic E-state index is 14.3. The van der Waals surface area contributed by atoms with Gasteiger partial charge in [0.15, 0.2) is 0 Å². The molecule has 1 rings (SSSR count). The van der Waals surface area contributed by atoms with Crippen LogP contribution < -0.4 is 5.73 Å². The van der Waals surface area contributed by atoms with E-state index in [1.54, 1.807) is 6.07 Å². The monoisotopic (exact) mass is 335 g/mol. The average Bonchev–Trinajstić information content (AvgIpc) is 2.33. The van der Waals surface area contributed by atoms with Gasteiger partial charge in [-0.15, -0.1) is 5.54 Å². The predicted molar refractivity (Wildman–Crippen MR) is 94.2 cm³/mol. The Morgan fingerprint density at radius 1 is 1.30 bits per heavy atom. The van der Waals surface area contributed by atoms with Crippen LogP contribution in [0.2, 0.25) is 19.6 Å². The fourth-order valence-corrected chi connectivity index (χ4v) is 2.80. The minimum Gasteiger partial charge on any atom is -0.480 e. The number of carboxylic acid groups (broad SMARTS) is 1. The molecule has 0 radical (unpaired) electrons. The number of carbonyl (C=O) groups is 1. The summed E-state index contributed by atoms with van der Waals surface area (Å²) >= 11 is 0. The van der Waals surface area contributed by atoms with E-state index in [4.69, 9.17) is 5.73 Å². The van der Waals surface area contributed by atoms with E-state index in [1.165, 1.54) is 12.1 Å². The van der Waals surface area contributed by atoms with E-state index >= 15 is 0 Å². The van der Waals surface area contributed by atoms with E-state index in [0.717, 1.165) is 0 Å². The highest BCUT2D eigenvalue weighted by Crippen LogP contribution is 2.33. The second-order valence-electron chi connectivity index (χ2n) is 8.21. The van der Waals surface area contributed by atoms with E-state index in [9.17, 15) is 14.3 Å². The van der Waals surface area contributed by atoms with E-state index in [-0.39, 0.29) is 23.0 Å². The van der Waals surface area contributed by atoms with Crippen LogP contribution in [0.3, 0.4) is 0 Å². The van der Waals surface area contributed by atoms with Crippen LogP contribution in [0.5, 0.6) is 0 Å². The molecule has 3 N–H and O–H groups in total. The third-order valence-electron chi connectivity index (χ3n) is 3.25. The van der Waals surface area contributed by atoms with Gasteiger partial charge in [-0.3, -0.25) is 0 Å². The molecule has 1 aromatic rings. The molecule has 0 amide bonds. The molecule has 0 aromatic heterocycles. The molecule has 0 heterocycles. The van der Waals surface area contributed by atoms with Crippen LogP contribution in [-0.2, 0) is 10.3 Å². The molecule has 0 saturated carbocycles. The summed E-state index contributed by atoms with van der Waals surface area (Å²) in [5.41, 5.74) is 7.83. The Balaban J connectivity index is 3.30. The molecule has 126 valence electrons. The summed E-state index contributed by atoms with van der Waals surface area (Å²) in [7, 11) is -1.61. The molecule has 0 fully saturated rings. The molecular formula is C18H26FNO2Si. The number of hydrogen-bond acceptors (Lipinski definition) is 2. The average molecular weight is 335 g/mol. The van der Waals surface area contributed by atoms with Crippen LogP contribution in [0.4, 0.5) is 4.39 Å². The summed E-state index contributed by atoms with van der Waals surface area (Å²) in [5, 5.41) is 9.55. The highest BCUT2D eigenvalue weighted by Gasteiger charge is 2.40. The van der Waals surface area contributed by atoms with E-state index in [0.29, 0.717) is 0 Å². The Hall–Kier alpha value is -1.64. The topological polar surface area (TPSA) is 63.3 Å². The lowest BCUT2D eigenvalue weighted by molar-refractivity contribution is -0.145. The molecule has 0 aliphatic heterocycles. The van der Waals surface area contributed by atoms with E-state index in [1.807, 2.05) is 20.8 Å². The molecule has 0 bridgehead atoms. The van der Waals surface area contributed by atoms with Crippen molar-refractivity contribution in [1.29, 1.82) is 0 Å². The van der Waals surface area contributed by atoms with Gasteiger partial charge in [0, 0.05) is 0 Å². The quantitative estimate of drug-likeness (QED) is 0.653. The normalized spacial score (nSPS) is 14.6. The summed E-state index contributed by atoms with van der Waals surface area (Å²) in [4.78, 5) is 11.7. The Labute approximate surface area is 139 Å². The maximum absolute atomic E-state index is 14.3. The Morgan fingerprint density at radius 2 is 1.87 bits per heavy atom. The minimum absolute atomic E-state index is 0.203. The fourth-order valence-electron chi connectivity index (χ4n) is 2.29. The Kier molecular flexibility index (Phi) is 5.45. The van der Waals surface area contributed by atoms with Crippen LogP contribution >= 0.6 is 0 Å². The summed E-state index contributed by atoms with van der Waals surface area (Å²) in [5.74, 6) is 1.17. The lowest BCUT2D eigenvalue weighted by atomic mass is 9.76. The number of hydrogen-bond donors (Lipinski definition) is 2. The summed E-state index contributed by atoms with van der Waals surface area (Å²) < 4.78 is 14.3. The highest BCUT2D eigenvalue weighted by molar-refractivity contribution is 6.83. The molecule has 0 spiro atoms. The molecule has 3 nitrogen and oxygen atoms in total. The van der Waals surface area contributed by atoms with Gasteiger partial charge in [-0.05, 0) is 29.5 Å². The highest BCUT2D eigenvalue weighted by atomic mass is 28.3. The molecule has 0 aliphatic rings. The number of halogens is 1. The van der Waals surface area contributed by atoms with Crippen molar-refractivity contribution in [2.45, 2.75) is 52.4 Å². The van der Waals surface area contributed by atoms with Gasteiger partial charge in [0.1, 0.15) is 19.4 Å². The van der Waals surface area contributed by atoms with Gasteiger partial charge in [0.05, 0.1) is 5.56 Å². The molecule has 23 heavy (non-hydrogen) atoms. The third kappa shape index (κ3) is 5.49. The van der Waals surface area contributed by atoms with Crippen LogP contribution in [0.15, 0.2) is 18.2 Å². The molecule has 0 aliphatic carbocycles. The van der Waals surface area contributed by atoms with Crippen LogP contribution in [0, 0.1) is 22.7 Å². The van der Waals surface area contributed by atoms with Crippen molar-refractivity contribution in [1.82, 2.24) is 0 Å². The van der Waals surface area contributed by atoms with Gasteiger partial charge in [-0.25, -0.2) is 9.18 Å². The Bertz CT molecular complexity index is 662. The van der Waals surface area contributed by atoms with Crippen molar-refractivity contribution < 1.29 is 14.3 Å². The standard InChI is InChI=1S/C18H26FNO2Si/c1-17(2,3)12-18(20,16(21)22)14-8-7-13(15(19)11-14)9-10-23(4,5)6/h7-8,11H,12,20H2,1-6H3,(H,21,22)/t18-/m1/s1. The first-order chi connectivity index (χ1) is 10.2. The summed E-state index contributed by atoms with van der Waals surface area (Å²) in [6.07, 6.45) is 0.203. The molecule has 0 saturated heterocycles. The first-order valence-corrected chi connectivity index (χ1v) is 11.1. The van der Waals surface area contributed by atoms with Crippen LogP contribution in [0.1, 0.15) is 38.3 Å². The smallest absolute Gasteiger partial charge is 0.328 e. The molecule has 5 heteroatoms. The Morgan fingerprint density at radius 3 is 2.26 bits per heavy atom. The zero-order valence-corrected chi connectivity index (χ0v) is 15.7. The van der Waals surface area contributed by atoms with Gasteiger partial charge in [0.25, 0.3) is 0 Å². The zero-order valence-electron chi connectivity index (χ0n) is 14.7. The SMILES string of the molecule is CC(C)(C)C[C@](N)(C(=O)O)c1ccc(C#C[Si](C)(C)C)c(F)c1. The minimum atomic E-state index is -1.62. The van der Waals surface area contributed by atoms with Crippen LogP contribution in [0.25, 0.3) is 0 Å². The van der Waals surface area contributed by atoms with Crippen molar-refractivity contribution in [2.75, 3.05) is 0 Å². The van der Waals surface area contributed by atoms with E-state index in [2.05, 4.69) is 31.1 Å². The van der Waals surface area contributed by atoms with Gasteiger partial charge in [-0.2, -0.15) is 0 Å². The first-order valence-electron chi connectivity index (χ1n) is 7.60. The largest absolute Gasteiger partial charge is 0.480 e.